The molecule has 0 saturated heterocycles. The Morgan fingerprint density at radius 1 is 1.07 bits per heavy atom. The summed E-state index contributed by atoms with van der Waals surface area (Å²) >= 11 is 0. The van der Waals surface area contributed by atoms with E-state index in [1.54, 1.807) is 4.68 Å². The van der Waals surface area contributed by atoms with Crippen molar-refractivity contribution in [3.05, 3.63) is 71.5 Å². The number of unbranched alkanes of at least 4 members (excludes halogenated alkanes) is 1. The molecule has 0 spiro atoms. The van der Waals surface area contributed by atoms with Crippen LogP contribution in [0.1, 0.15) is 36.7 Å². The lowest BCUT2D eigenvalue weighted by Gasteiger charge is -2.11. The van der Waals surface area contributed by atoms with Gasteiger partial charge in [0.25, 0.3) is 0 Å². The molecule has 3 rings (SSSR count). The second-order valence-electron chi connectivity index (χ2n) is 6.39. The molecule has 146 valence electrons. The summed E-state index contributed by atoms with van der Waals surface area (Å²) in [6.07, 6.45) is 2.74. The van der Waals surface area contributed by atoms with Gasteiger partial charge in [0.2, 0.25) is 0 Å². The molecule has 0 fully saturated rings. The number of tetrazole rings is 1. The Morgan fingerprint density at radius 2 is 1.86 bits per heavy atom. The van der Waals surface area contributed by atoms with E-state index >= 15 is 0 Å². The number of nitrogens with zero attached hydrogens (tertiary/aromatic N) is 4. The van der Waals surface area contributed by atoms with Gasteiger partial charge in [-0.3, -0.25) is 0 Å². The third-order valence-electron chi connectivity index (χ3n) is 4.25. The van der Waals surface area contributed by atoms with Crippen LogP contribution in [0.2, 0.25) is 0 Å². The van der Waals surface area contributed by atoms with Gasteiger partial charge in [-0.25, -0.2) is 9.48 Å². The van der Waals surface area contributed by atoms with E-state index in [0.29, 0.717) is 18.1 Å². The topological polar surface area (TPSA) is 79.1 Å². The quantitative estimate of drug-likeness (QED) is 0.503. The van der Waals surface area contributed by atoms with E-state index in [9.17, 15) is 4.79 Å². The lowest BCUT2D eigenvalue weighted by Crippen LogP contribution is -2.17. The summed E-state index contributed by atoms with van der Waals surface area (Å²) in [7, 11) is 0. The van der Waals surface area contributed by atoms with Crippen molar-refractivity contribution in [1.29, 1.82) is 0 Å². The van der Waals surface area contributed by atoms with Crippen molar-refractivity contribution in [2.45, 2.75) is 39.3 Å². The molecule has 7 nitrogen and oxygen atoms in total. The largest absolute Gasteiger partial charge is 0.482 e. The Bertz CT molecular complexity index is 880. The Morgan fingerprint density at radius 3 is 2.68 bits per heavy atom. The highest BCUT2D eigenvalue weighted by molar-refractivity contribution is 5.71. The van der Waals surface area contributed by atoms with Crippen molar-refractivity contribution >= 4 is 5.97 Å². The van der Waals surface area contributed by atoms with Gasteiger partial charge in [-0.15, -0.1) is 5.10 Å². The normalized spacial score (nSPS) is 10.6. The first-order chi connectivity index (χ1) is 13.8. The molecule has 0 aliphatic rings. The van der Waals surface area contributed by atoms with E-state index in [0.717, 1.165) is 24.8 Å². The van der Waals surface area contributed by atoms with Gasteiger partial charge in [0.1, 0.15) is 5.75 Å². The molecule has 0 unspecified atom stereocenters. The second kappa shape index (κ2) is 10.2. The highest BCUT2D eigenvalue weighted by Crippen LogP contribution is 2.21. The average Bonchev–Trinajstić information content (AvgIpc) is 3.18. The van der Waals surface area contributed by atoms with E-state index in [1.807, 2.05) is 42.5 Å². The molecule has 0 amide bonds. The molecule has 28 heavy (non-hydrogen) atoms. The monoisotopic (exact) mass is 380 g/mol. The maximum Gasteiger partial charge on any atom is 0.344 e. The molecular formula is C21H24N4O3. The molecule has 0 saturated carbocycles. The van der Waals surface area contributed by atoms with Crippen LogP contribution in [-0.4, -0.2) is 32.8 Å². The van der Waals surface area contributed by atoms with Crippen LogP contribution < -0.4 is 4.74 Å². The minimum Gasteiger partial charge on any atom is -0.482 e. The van der Waals surface area contributed by atoms with Gasteiger partial charge in [0.15, 0.2) is 19.0 Å². The minimum atomic E-state index is -0.459. The van der Waals surface area contributed by atoms with E-state index in [1.165, 1.54) is 5.56 Å². The van der Waals surface area contributed by atoms with Crippen LogP contribution >= 0.6 is 0 Å². The molecule has 0 bridgehead atoms. The van der Waals surface area contributed by atoms with Crippen molar-refractivity contribution in [2.75, 3.05) is 6.61 Å². The summed E-state index contributed by atoms with van der Waals surface area (Å²) in [4.78, 5) is 12.1. The van der Waals surface area contributed by atoms with E-state index in [-0.39, 0.29) is 13.2 Å². The van der Waals surface area contributed by atoms with E-state index in [4.69, 9.17) is 9.47 Å². The molecule has 0 aliphatic carbocycles. The molecule has 0 atom stereocenters. The fraction of sp³-hybridized carbons (Fsp3) is 0.333. The fourth-order valence-electron chi connectivity index (χ4n) is 2.74. The lowest BCUT2D eigenvalue weighted by atomic mass is 10.0. The smallest absolute Gasteiger partial charge is 0.344 e. The molecule has 2 aromatic carbocycles. The van der Waals surface area contributed by atoms with Crippen LogP contribution in [0, 0.1) is 0 Å². The number of carbonyl (C=O) groups is 1. The van der Waals surface area contributed by atoms with Crippen LogP contribution in [-0.2, 0) is 29.1 Å². The average molecular weight is 380 g/mol. The zero-order valence-corrected chi connectivity index (χ0v) is 16.0. The standard InChI is InChI=1S/C21H24N4O3/c1-2-3-13-25-20(22-23-24-25)15-28-21(26)16-27-19-12-8-7-11-18(19)14-17-9-5-4-6-10-17/h4-12H,2-3,13-16H2,1H3. The molecular weight excluding hydrogens is 356 g/mol. The molecule has 1 aromatic heterocycles. The third kappa shape index (κ3) is 5.64. The number of benzene rings is 2. The summed E-state index contributed by atoms with van der Waals surface area (Å²) in [5, 5.41) is 11.5. The number of carbonyl (C=O) groups excluding carboxylic acids is 1. The van der Waals surface area contributed by atoms with Gasteiger partial charge >= 0.3 is 5.97 Å². The van der Waals surface area contributed by atoms with Gasteiger partial charge in [0, 0.05) is 13.0 Å². The zero-order valence-electron chi connectivity index (χ0n) is 16.0. The van der Waals surface area contributed by atoms with Crippen LogP contribution in [0.3, 0.4) is 0 Å². The van der Waals surface area contributed by atoms with Gasteiger partial charge < -0.3 is 9.47 Å². The summed E-state index contributed by atoms with van der Waals surface area (Å²) < 4.78 is 12.6. The number of rotatable bonds is 10. The Labute approximate surface area is 164 Å². The molecule has 0 N–H and O–H groups in total. The summed E-state index contributed by atoms with van der Waals surface area (Å²) in [5.74, 6) is 0.752. The third-order valence-corrected chi connectivity index (χ3v) is 4.25. The molecule has 0 aliphatic heterocycles. The Kier molecular flexibility index (Phi) is 7.12. The number of ether oxygens (including phenoxy) is 2. The number of hydrogen-bond acceptors (Lipinski definition) is 6. The van der Waals surface area contributed by atoms with Crippen molar-refractivity contribution < 1.29 is 14.3 Å². The lowest BCUT2D eigenvalue weighted by molar-refractivity contribution is -0.147. The zero-order chi connectivity index (χ0) is 19.6. The van der Waals surface area contributed by atoms with E-state index in [2.05, 4.69) is 34.6 Å². The van der Waals surface area contributed by atoms with Crippen LogP contribution in [0.25, 0.3) is 0 Å². The Balaban J connectivity index is 1.52. The fourth-order valence-corrected chi connectivity index (χ4v) is 2.74. The van der Waals surface area contributed by atoms with Gasteiger partial charge in [-0.05, 0) is 34.0 Å². The molecule has 0 radical (unpaired) electrons. The van der Waals surface area contributed by atoms with Gasteiger partial charge in [-0.2, -0.15) is 0 Å². The van der Waals surface area contributed by atoms with E-state index < -0.39 is 5.97 Å². The first-order valence-corrected chi connectivity index (χ1v) is 9.41. The maximum atomic E-state index is 12.1. The summed E-state index contributed by atoms with van der Waals surface area (Å²) in [6.45, 7) is 2.67. The SMILES string of the molecule is CCCCn1nnnc1COC(=O)COc1ccccc1Cc1ccccc1. The van der Waals surface area contributed by atoms with Crippen molar-refractivity contribution in [3.63, 3.8) is 0 Å². The first-order valence-electron chi connectivity index (χ1n) is 9.41. The summed E-state index contributed by atoms with van der Waals surface area (Å²) in [5.41, 5.74) is 2.20. The highest BCUT2D eigenvalue weighted by Gasteiger charge is 2.11. The van der Waals surface area contributed by atoms with Gasteiger partial charge in [0.05, 0.1) is 0 Å². The predicted octanol–water partition coefficient (Wildman–Crippen LogP) is 3.19. The van der Waals surface area contributed by atoms with Crippen molar-refractivity contribution in [2.24, 2.45) is 0 Å². The van der Waals surface area contributed by atoms with Crippen molar-refractivity contribution in [1.82, 2.24) is 20.2 Å². The summed E-state index contributed by atoms with van der Waals surface area (Å²) in [6, 6.07) is 17.8. The first kappa shape index (κ1) is 19.5. The van der Waals surface area contributed by atoms with Crippen LogP contribution in [0.4, 0.5) is 0 Å². The number of aromatic nitrogens is 4. The second-order valence-corrected chi connectivity index (χ2v) is 6.39. The number of para-hydroxylation sites is 1. The molecule has 7 heteroatoms. The number of hydrogen-bond donors (Lipinski definition) is 0. The maximum absolute atomic E-state index is 12.1. The van der Waals surface area contributed by atoms with Crippen molar-refractivity contribution in [3.8, 4) is 5.75 Å². The van der Waals surface area contributed by atoms with Gasteiger partial charge in [-0.1, -0.05) is 61.9 Å². The minimum absolute atomic E-state index is 0.0323. The number of aryl methyl sites for hydroxylation is 1. The molecule has 3 aromatic rings. The number of esters is 1. The molecule has 1 heterocycles. The Hall–Kier alpha value is -3.22. The van der Waals surface area contributed by atoms with Crippen LogP contribution in [0.5, 0.6) is 5.75 Å². The van der Waals surface area contributed by atoms with Crippen LogP contribution in [0.15, 0.2) is 54.6 Å². The highest BCUT2D eigenvalue weighted by atomic mass is 16.6. The predicted molar refractivity (Wildman–Crippen MR) is 104 cm³/mol.